The zero-order chi connectivity index (χ0) is 10.8. The van der Waals surface area contributed by atoms with Crippen LogP contribution in [0.2, 0.25) is 0 Å². The van der Waals surface area contributed by atoms with Crippen LogP contribution >= 0.6 is 11.6 Å². The molecule has 1 aliphatic carbocycles. The van der Waals surface area contributed by atoms with Crippen molar-refractivity contribution in [1.29, 1.82) is 0 Å². The number of benzene rings is 1. The fraction of sp³-hybridized carbons (Fsp3) is 0.455. The van der Waals surface area contributed by atoms with Gasteiger partial charge in [0.25, 0.3) is 0 Å². The molecule has 0 aliphatic heterocycles. The molecule has 1 aliphatic rings. The molecule has 1 fully saturated rings. The van der Waals surface area contributed by atoms with Crippen LogP contribution in [-0.4, -0.2) is 12.5 Å². The maximum atomic E-state index is 12.1. The molecule has 15 heavy (non-hydrogen) atoms. The maximum absolute atomic E-state index is 12.1. The van der Waals surface area contributed by atoms with Gasteiger partial charge in [0.15, 0.2) is 0 Å². The predicted octanol–water partition coefficient (Wildman–Crippen LogP) is 3.63. The molecule has 2 unspecified atom stereocenters. The first kappa shape index (κ1) is 10.7. The molecule has 2 atom stereocenters. The van der Waals surface area contributed by atoms with Crippen LogP contribution in [0.15, 0.2) is 24.3 Å². The molecule has 1 saturated carbocycles. The van der Waals surface area contributed by atoms with Crippen LogP contribution in [0.4, 0.5) is 8.78 Å². The fourth-order valence-electron chi connectivity index (χ4n) is 1.79. The molecule has 0 N–H and O–H groups in total. The van der Waals surface area contributed by atoms with Gasteiger partial charge in [-0.3, -0.25) is 0 Å². The summed E-state index contributed by atoms with van der Waals surface area (Å²) in [6.45, 7) is -2.76. The lowest BCUT2D eigenvalue weighted by molar-refractivity contribution is -0.0504. The molecule has 0 amide bonds. The van der Waals surface area contributed by atoms with Crippen molar-refractivity contribution in [3.63, 3.8) is 0 Å². The summed E-state index contributed by atoms with van der Waals surface area (Å²) in [5, 5.41) is 0. The third-order valence-corrected chi connectivity index (χ3v) is 3.05. The average Bonchev–Trinajstić information content (AvgIpc) is 2.97. The predicted molar refractivity (Wildman–Crippen MR) is 54.6 cm³/mol. The number of halogens is 3. The smallest absolute Gasteiger partial charge is 0.387 e. The second kappa shape index (κ2) is 4.35. The molecule has 0 saturated heterocycles. The number of rotatable bonds is 4. The summed E-state index contributed by atoms with van der Waals surface area (Å²) in [4.78, 5) is 0. The van der Waals surface area contributed by atoms with Gasteiger partial charge in [-0.15, -0.1) is 11.6 Å². The van der Waals surface area contributed by atoms with Crippen molar-refractivity contribution in [3.8, 4) is 5.75 Å². The van der Waals surface area contributed by atoms with Crippen molar-refractivity contribution in [2.24, 2.45) is 5.92 Å². The highest BCUT2D eigenvalue weighted by atomic mass is 35.5. The number of para-hydroxylation sites is 1. The Labute approximate surface area is 92.0 Å². The topological polar surface area (TPSA) is 9.23 Å². The number of hydrogen-bond acceptors (Lipinski definition) is 1. The zero-order valence-electron chi connectivity index (χ0n) is 8.00. The van der Waals surface area contributed by atoms with Crippen molar-refractivity contribution < 1.29 is 13.5 Å². The van der Waals surface area contributed by atoms with Crippen molar-refractivity contribution in [3.05, 3.63) is 29.8 Å². The molecule has 1 nitrogen and oxygen atoms in total. The first-order valence-corrected chi connectivity index (χ1v) is 5.35. The SMILES string of the molecule is FC(F)Oc1ccccc1C1CC1CCl. The first-order valence-electron chi connectivity index (χ1n) is 4.82. The monoisotopic (exact) mass is 232 g/mol. The molecule has 0 heterocycles. The molecular formula is C11H11ClF2O. The van der Waals surface area contributed by atoms with E-state index in [1.807, 2.05) is 12.1 Å². The Balaban J connectivity index is 2.16. The van der Waals surface area contributed by atoms with Gasteiger partial charge in [-0.1, -0.05) is 18.2 Å². The van der Waals surface area contributed by atoms with Crippen molar-refractivity contribution in [2.75, 3.05) is 5.88 Å². The standard InChI is InChI=1S/C11H11ClF2O/c12-6-7-5-9(7)8-3-1-2-4-10(8)15-11(13)14/h1-4,7,9,11H,5-6H2. The Hall–Kier alpha value is -0.830. The summed E-state index contributed by atoms with van der Waals surface area (Å²) in [5.74, 6) is 1.56. The van der Waals surface area contributed by atoms with Crippen LogP contribution in [0.1, 0.15) is 17.9 Å². The van der Waals surface area contributed by atoms with E-state index in [1.165, 1.54) is 0 Å². The molecule has 0 radical (unpaired) electrons. The molecule has 1 aromatic carbocycles. The Morgan fingerprint density at radius 3 is 2.73 bits per heavy atom. The summed E-state index contributed by atoms with van der Waals surface area (Å²) in [6.07, 6.45) is 0.965. The molecule has 1 aromatic rings. The molecule has 2 rings (SSSR count). The van der Waals surface area contributed by atoms with E-state index in [1.54, 1.807) is 12.1 Å². The van der Waals surface area contributed by atoms with E-state index in [0.717, 1.165) is 12.0 Å². The largest absolute Gasteiger partial charge is 0.435 e. The molecule has 0 aromatic heterocycles. The van der Waals surface area contributed by atoms with Gasteiger partial charge in [0.05, 0.1) is 0 Å². The first-order chi connectivity index (χ1) is 7.22. The van der Waals surface area contributed by atoms with Gasteiger partial charge in [0.1, 0.15) is 5.75 Å². The summed E-state index contributed by atoms with van der Waals surface area (Å²) in [5.41, 5.74) is 0.850. The zero-order valence-corrected chi connectivity index (χ0v) is 8.75. The van der Waals surface area contributed by atoms with E-state index in [2.05, 4.69) is 4.74 Å². The highest BCUT2D eigenvalue weighted by Crippen LogP contribution is 2.50. The van der Waals surface area contributed by atoms with Crippen LogP contribution < -0.4 is 4.74 Å². The van der Waals surface area contributed by atoms with E-state index in [4.69, 9.17) is 11.6 Å². The van der Waals surface area contributed by atoms with Crippen molar-refractivity contribution >= 4 is 11.6 Å². The normalized spacial score (nSPS) is 24.3. The third kappa shape index (κ3) is 2.40. The van der Waals surface area contributed by atoms with Gasteiger partial charge in [0.2, 0.25) is 0 Å². The Kier molecular flexibility index (Phi) is 3.10. The van der Waals surface area contributed by atoms with Gasteiger partial charge < -0.3 is 4.74 Å². The third-order valence-electron chi connectivity index (χ3n) is 2.66. The van der Waals surface area contributed by atoms with Gasteiger partial charge in [-0.05, 0) is 29.9 Å². The van der Waals surface area contributed by atoms with E-state index in [9.17, 15) is 8.78 Å². The number of hydrogen-bond donors (Lipinski definition) is 0. The van der Waals surface area contributed by atoms with Crippen molar-refractivity contribution in [1.82, 2.24) is 0 Å². The van der Waals surface area contributed by atoms with Crippen LogP contribution in [-0.2, 0) is 0 Å². The van der Waals surface area contributed by atoms with E-state index in [-0.39, 0.29) is 11.7 Å². The summed E-state index contributed by atoms with van der Waals surface area (Å²) in [7, 11) is 0. The molecule has 0 spiro atoms. The highest BCUT2D eigenvalue weighted by Gasteiger charge is 2.39. The Morgan fingerprint density at radius 2 is 2.13 bits per heavy atom. The van der Waals surface area contributed by atoms with Crippen LogP contribution in [0.5, 0.6) is 5.75 Å². The van der Waals surface area contributed by atoms with Crippen molar-refractivity contribution in [2.45, 2.75) is 19.0 Å². The van der Waals surface area contributed by atoms with Gasteiger partial charge in [-0.2, -0.15) is 8.78 Å². The minimum absolute atomic E-state index is 0.283. The molecule has 0 bridgehead atoms. The fourth-order valence-corrected chi connectivity index (χ4v) is 2.13. The summed E-state index contributed by atoms with van der Waals surface area (Å²) in [6, 6.07) is 6.93. The Morgan fingerprint density at radius 1 is 1.40 bits per heavy atom. The van der Waals surface area contributed by atoms with E-state index < -0.39 is 6.61 Å². The average molecular weight is 233 g/mol. The maximum Gasteiger partial charge on any atom is 0.387 e. The number of alkyl halides is 3. The minimum atomic E-state index is -2.76. The lowest BCUT2D eigenvalue weighted by Gasteiger charge is -2.09. The second-order valence-corrected chi connectivity index (χ2v) is 3.98. The van der Waals surface area contributed by atoms with Gasteiger partial charge >= 0.3 is 6.61 Å². The lowest BCUT2D eigenvalue weighted by Crippen LogP contribution is -2.04. The lowest BCUT2D eigenvalue weighted by atomic mass is 10.1. The van der Waals surface area contributed by atoms with E-state index >= 15 is 0 Å². The van der Waals surface area contributed by atoms with Gasteiger partial charge in [-0.25, -0.2) is 0 Å². The number of ether oxygens (including phenoxy) is 1. The quantitative estimate of drug-likeness (QED) is 0.721. The minimum Gasteiger partial charge on any atom is -0.435 e. The highest BCUT2D eigenvalue weighted by molar-refractivity contribution is 6.18. The summed E-state index contributed by atoms with van der Waals surface area (Å²) >= 11 is 5.71. The van der Waals surface area contributed by atoms with Crippen LogP contribution in [0.3, 0.4) is 0 Å². The van der Waals surface area contributed by atoms with Crippen LogP contribution in [0.25, 0.3) is 0 Å². The molecule has 82 valence electrons. The summed E-state index contributed by atoms with van der Waals surface area (Å²) < 4.78 is 28.7. The van der Waals surface area contributed by atoms with E-state index in [0.29, 0.717) is 11.8 Å². The Bertz CT molecular complexity index is 343. The molecule has 4 heteroatoms. The molecular weight excluding hydrogens is 222 g/mol. The second-order valence-electron chi connectivity index (χ2n) is 3.67. The van der Waals surface area contributed by atoms with Crippen LogP contribution in [0, 0.1) is 5.92 Å². The van der Waals surface area contributed by atoms with Gasteiger partial charge in [0, 0.05) is 5.88 Å².